The van der Waals surface area contributed by atoms with Crippen LogP contribution in [-0.4, -0.2) is 29.4 Å². The van der Waals surface area contributed by atoms with Crippen molar-refractivity contribution >= 4 is 5.69 Å². The highest BCUT2D eigenvalue weighted by Gasteiger charge is 2.19. The summed E-state index contributed by atoms with van der Waals surface area (Å²) in [6, 6.07) is 5.68. The van der Waals surface area contributed by atoms with Crippen molar-refractivity contribution in [2.75, 3.05) is 18.4 Å². The number of benzene rings is 1. The van der Waals surface area contributed by atoms with Gasteiger partial charge >= 0.3 is 0 Å². The van der Waals surface area contributed by atoms with Crippen molar-refractivity contribution in [2.45, 2.75) is 18.6 Å². The molecule has 0 saturated carbocycles. The normalized spacial score (nSPS) is 18.1. The van der Waals surface area contributed by atoms with Crippen LogP contribution in [0.15, 0.2) is 18.2 Å². The molecule has 0 aromatic heterocycles. The van der Waals surface area contributed by atoms with Gasteiger partial charge in [0.25, 0.3) is 0 Å². The predicted molar refractivity (Wildman–Crippen MR) is 58.7 cm³/mol. The first-order valence-electron chi connectivity index (χ1n) is 5.15. The first-order valence-corrected chi connectivity index (χ1v) is 5.15. The fourth-order valence-corrected chi connectivity index (χ4v) is 1.86. The summed E-state index contributed by atoms with van der Waals surface area (Å²) in [5.74, 6) is 0. The Morgan fingerprint density at radius 1 is 1.40 bits per heavy atom. The number of nitrogens with two attached hydrogens (primary N) is 1. The molecule has 0 radical (unpaired) electrons. The maximum absolute atomic E-state index is 9.77. The quantitative estimate of drug-likeness (QED) is 0.564. The Hall–Kier alpha value is -1.10. The molecular weight excluding hydrogens is 192 g/mol. The highest BCUT2D eigenvalue weighted by molar-refractivity contribution is 5.56. The molecule has 0 fully saturated rings. The van der Waals surface area contributed by atoms with Gasteiger partial charge in [0.05, 0.1) is 6.10 Å². The summed E-state index contributed by atoms with van der Waals surface area (Å²) >= 11 is 0. The minimum atomic E-state index is -0.891. The van der Waals surface area contributed by atoms with E-state index in [0.717, 1.165) is 24.2 Å². The monoisotopic (exact) mass is 208 g/mol. The zero-order valence-electron chi connectivity index (χ0n) is 8.48. The molecule has 1 aliphatic heterocycles. The summed E-state index contributed by atoms with van der Waals surface area (Å²) < 4.78 is 0. The van der Waals surface area contributed by atoms with E-state index in [1.807, 2.05) is 18.2 Å². The minimum absolute atomic E-state index is 0.0660. The first kappa shape index (κ1) is 10.4. The number of aliphatic hydroxyl groups excluding tert-OH is 2. The van der Waals surface area contributed by atoms with Gasteiger partial charge in [-0.25, -0.2) is 0 Å². The average Bonchev–Trinajstić information content (AvgIpc) is 2.73. The van der Waals surface area contributed by atoms with E-state index in [-0.39, 0.29) is 6.54 Å². The van der Waals surface area contributed by atoms with Gasteiger partial charge in [0.2, 0.25) is 0 Å². The van der Waals surface area contributed by atoms with Crippen molar-refractivity contribution < 1.29 is 10.2 Å². The molecule has 4 nitrogen and oxygen atoms in total. The zero-order valence-corrected chi connectivity index (χ0v) is 8.48. The molecule has 0 spiro atoms. The fraction of sp³-hybridized carbons (Fsp3) is 0.455. The topological polar surface area (TPSA) is 78.5 Å². The second-order valence-electron chi connectivity index (χ2n) is 3.84. The second-order valence-corrected chi connectivity index (χ2v) is 3.84. The molecular formula is C11H16N2O2. The number of hydrogen-bond acceptors (Lipinski definition) is 4. The SMILES string of the molecule is NCC(O)C(O)c1ccc2c(c1)CCN2. The zero-order chi connectivity index (χ0) is 10.8. The molecule has 5 N–H and O–H groups in total. The van der Waals surface area contributed by atoms with E-state index in [1.54, 1.807) is 0 Å². The molecule has 1 aromatic rings. The van der Waals surface area contributed by atoms with Gasteiger partial charge in [0.1, 0.15) is 6.10 Å². The second kappa shape index (κ2) is 4.18. The Morgan fingerprint density at radius 2 is 2.20 bits per heavy atom. The summed E-state index contributed by atoms with van der Waals surface area (Å²) in [4.78, 5) is 0. The van der Waals surface area contributed by atoms with E-state index >= 15 is 0 Å². The minimum Gasteiger partial charge on any atom is -0.389 e. The summed E-state index contributed by atoms with van der Waals surface area (Å²) in [5, 5.41) is 22.4. The molecule has 1 aromatic carbocycles. The van der Waals surface area contributed by atoms with E-state index in [0.29, 0.717) is 0 Å². The predicted octanol–water partition coefficient (Wildman–Crippen LogP) is 0.00760. The lowest BCUT2D eigenvalue weighted by Crippen LogP contribution is -2.27. The molecule has 0 amide bonds. The van der Waals surface area contributed by atoms with Crippen LogP contribution in [0.3, 0.4) is 0 Å². The number of rotatable bonds is 3. The average molecular weight is 208 g/mol. The summed E-state index contributed by atoms with van der Waals surface area (Å²) in [6.07, 6.45) is -0.812. The molecule has 0 bridgehead atoms. The van der Waals surface area contributed by atoms with E-state index < -0.39 is 12.2 Å². The van der Waals surface area contributed by atoms with Crippen molar-refractivity contribution in [1.29, 1.82) is 0 Å². The largest absolute Gasteiger partial charge is 0.389 e. The maximum atomic E-state index is 9.77. The third-order valence-corrected chi connectivity index (χ3v) is 2.79. The lowest BCUT2D eigenvalue weighted by atomic mass is 10.0. The van der Waals surface area contributed by atoms with Gasteiger partial charge in [-0.2, -0.15) is 0 Å². The number of nitrogens with one attached hydrogen (secondary N) is 1. The molecule has 0 aliphatic carbocycles. The third-order valence-electron chi connectivity index (χ3n) is 2.79. The van der Waals surface area contributed by atoms with Crippen LogP contribution in [0, 0.1) is 0 Å². The van der Waals surface area contributed by atoms with Crippen LogP contribution in [0.2, 0.25) is 0 Å². The van der Waals surface area contributed by atoms with E-state index in [9.17, 15) is 10.2 Å². The van der Waals surface area contributed by atoms with E-state index in [4.69, 9.17) is 5.73 Å². The van der Waals surface area contributed by atoms with Gasteiger partial charge in [-0.3, -0.25) is 0 Å². The molecule has 82 valence electrons. The smallest absolute Gasteiger partial charge is 0.106 e. The Bertz CT molecular complexity index is 354. The molecule has 2 rings (SSSR count). The van der Waals surface area contributed by atoms with Crippen molar-refractivity contribution in [3.63, 3.8) is 0 Å². The van der Waals surface area contributed by atoms with Gasteiger partial charge in [0.15, 0.2) is 0 Å². The van der Waals surface area contributed by atoms with Gasteiger partial charge in [-0.1, -0.05) is 12.1 Å². The Morgan fingerprint density at radius 3 is 2.93 bits per heavy atom. The van der Waals surface area contributed by atoms with Crippen LogP contribution in [0.25, 0.3) is 0 Å². The number of fused-ring (bicyclic) bond motifs is 1. The van der Waals surface area contributed by atoms with Crippen LogP contribution < -0.4 is 11.1 Å². The lowest BCUT2D eigenvalue weighted by molar-refractivity contribution is 0.0243. The van der Waals surface area contributed by atoms with Crippen molar-refractivity contribution in [3.05, 3.63) is 29.3 Å². The van der Waals surface area contributed by atoms with Crippen molar-refractivity contribution in [2.24, 2.45) is 5.73 Å². The molecule has 2 atom stereocenters. The molecule has 2 unspecified atom stereocenters. The highest BCUT2D eigenvalue weighted by Crippen LogP contribution is 2.26. The van der Waals surface area contributed by atoms with Gasteiger partial charge in [-0.15, -0.1) is 0 Å². The number of hydrogen-bond donors (Lipinski definition) is 4. The van der Waals surface area contributed by atoms with E-state index in [2.05, 4.69) is 5.32 Å². The van der Waals surface area contributed by atoms with Gasteiger partial charge in [-0.05, 0) is 23.6 Å². The summed E-state index contributed by atoms with van der Waals surface area (Å²) in [6.45, 7) is 1.00. The van der Waals surface area contributed by atoms with Crippen molar-refractivity contribution in [1.82, 2.24) is 0 Å². The molecule has 15 heavy (non-hydrogen) atoms. The molecule has 1 heterocycles. The number of aliphatic hydroxyl groups is 2. The molecule has 4 heteroatoms. The molecule has 0 saturated heterocycles. The van der Waals surface area contributed by atoms with Crippen LogP contribution in [-0.2, 0) is 6.42 Å². The summed E-state index contributed by atoms with van der Waals surface area (Å²) in [7, 11) is 0. The fourth-order valence-electron chi connectivity index (χ4n) is 1.86. The Labute approximate surface area is 88.7 Å². The first-order chi connectivity index (χ1) is 7.22. The number of anilines is 1. The van der Waals surface area contributed by atoms with Gasteiger partial charge in [0, 0.05) is 18.8 Å². The van der Waals surface area contributed by atoms with Crippen LogP contribution in [0.1, 0.15) is 17.2 Å². The maximum Gasteiger partial charge on any atom is 0.106 e. The van der Waals surface area contributed by atoms with Crippen LogP contribution >= 0.6 is 0 Å². The standard InChI is InChI=1S/C11H16N2O2/c12-6-10(14)11(15)8-1-2-9-7(5-8)3-4-13-9/h1-2,5,10-11,13-15H,3-4,6,12H2. The lowest BCUT2D eigenvalue weighted by Gasteiger charge is -2.17. The van der Waals surface area contributed by atoms with Gasteiger partial charge < -0.3 is 21.3 Å². The Kier molecular flexibility index (Phi) is 2.90. The molecule has 1 aliphatic rings. The highest BCUT2D eigenvalue weighted by atomic mass is 16.3. The van der Waals surface area contributed by atoms with E-state index in [1.165, 1.54) is 5.56 Å². The van der Waals surface area contributed by atoms with Crippen molar-refractivity contribution in [3.8, 4) is 0 Å². The summed E-state index contributed by atoms with van der Waals surface area (Å²) in [5.41, 5.74) is 8.34. The van der Waals surface area contributed by atoms with Crippen LogP contribution in [0.4, 0.5) is 5.69 Å². The Balaban J connectivity index is 2.22. The van der Waals surface area contributed by atoms with Crippen LogP contribution in [0.5, 0.6) is 0 Å². The third kappa shape index (κ3) is 1.97.